The predicted octanol–water partition coefficient (Wildman–Crippen LogP) is 0.271. The van der Waals surface area contributed by atoms with Gasteiger partial charge in [0.15, 0.2) is 11.1 Å². The Morgan fingerprint density at radius 2 is 1.13 bits per heavy atom. The minimum atomic E-state index is -5.19. The zero-order valence-corrected chi connectivity index (χ0v) is 43.7. The van der Waals surface area contributed by atoms with Crippen molar-refractivity contribution in [1.82, 2.24) is 37.3 Å². The van der Waals surface area contributed by atoms with Crippen molar-refractivity contribution in [2.24, 2.45) is 16.6 Å². The van der Waals surface area contributed by atoms with Crippen molar-refractivity contribution >= 4 is 59.3 Å². The molecule has 0 aromatic heterocycles. The van der Waals surface area contributed by atoms with Gasteiger partial charge in [-0.25, -0.2) is 19.9 Å². The number of nitro groups is 1. The van der Waals surface area contributed by atoms with Gasteiger partial charge in [-0.15, -0.1) is 0 Å². The molecule has 0 heterocycles. The molecule has 0 aliphatic carbocycles. The first-order valence-electron chi connectivity index (χ1n) is 24.6. The molecule has 6 amide bonds. The van der Waals surface area contributed by atoms with Crippen LogP contribution >= 0.6 is 0 Å². The van der Waals surface area contributed by atoms with Crippen molar-refractivity contribution in [3.8, 4) is 0 Å². The molecule has 0 saturated carbocycles. The molecule has 2 aromatic rings. The largest absolute Gasteiger partial charge is 0.542 e. The van der Waals surface area contributed by atoms with Gasteiger partial charge in [-0.3, -0.25) is 33.6 Å². The number of carboxylic acids is 1. The smallest absolute Gasteiger partial charge is 0.430 e. The van der Waals surface area contributed by atoms with Gasteiger partial charge in [0.05, 0.1) is 5.92 Å². The van der Waals surface area contributed by atoms with Crippen LogP contribution in [-0.4, -0.2) is 120 Å². The number of esters is 1. The second kappa shape index (κ2) is 36.1. The van der Waals surface area contributed by atoms with Crippen LogP contribution in [0.4, 0.5) is 18.0 Å². The molecule has 0 radical (unpaired) electrons. The monoisotopic (exact) mass is 1100 g/mol. The fourth-order valence-electron chi connectivity index (χ4n) is 6.93. The molecule has 0 saturated heterocycles. The van der Waals surface area contributed by atoms with Crippen molar-refractivity contribution in [3.63, 3.8) is 0 Å². The molecule has 0 unspecified atom stereocenters. The number of aliphatic carboxylic acids is 1. The summed E-state index contributed by atoms with van der Waals surface area (Å²) in [6.45, 7) is 8.65. The van der Waals surface area contributed by atoms with Gasteiger partial charge in [0.2, 0.25) is 23.6 Å². The highest BCUT2D eigenvalue weighted by Gasteiger charge is 2.29. The summed E-state index contributed by atoms with van der Waals surface area (Å²) in [7, 11) is 0. The van der Waals surface area contributed by atoms with E-state index in [9.17, 15) is 61.6 Å². The van der Waals surface area contributed by atoms with E-state index in [0.717, 1.165) is 11.1 Å². The number of hydrazine groups is 1. The number of carbonyl (C=O) groups is 9. The van der Waals surface area contributed by atoms with Gasteiger partial charge in [0.1, 0.15) is 31.0 Å². The molecule has 0 aliphatic rings. The number of ketones is 1. The highest BCUT2D eigenvalue weighted by Crippen LogP contribution is 2.19. The van der Waals surface area contributed by atoms with E-state index in [4.69, 9.17) is 25.1 Å². The van der Waals surface area contributed by atoms with Crippen LogP contribution in [0.1, 0.15) is 110 Å². The number of guanidine groups is 1. The van der Waals surface area contributed by atoms with Gasteiger partial charge >= 0.3 is 18.2 Å². The fourth-order valence-corrected chi connectivity index (χ4v) is 6.93. The van der Waals surface area contributed by atoms with Gasteiger partial charge < -0.3 is 62.7 Å². The zero-order valence-electron chi connectivity index (χ0n) is 43.7. The average molecular weight is 1100 g/mol. The molecule has 12 N–H and O–H groups in total. The van der Waals surface area contributed by atoms with Crippen LogP contribution in [0.15, 0.2) is 65.7 Å². The number of amides is 6. The summed E-state index contributed by atoms with van der Waals surface area (Å²) >= 11 is 0. The first-order valence-corrected chi connectivity index (χ1v) is 24.6. The molecule has 2 rings (SSSR count). The normalized spacial score (nSPS) is 13.9. The molecule has 77 heavy (non-hydrogen) atoms. The molecule has 428 valence electrons. The van der Waals surface area contributed by atoms with Crippen LogP contribution in [0.25, 0.3) is 0 Å². The van der Waals surface area contributed by atoms with Crippen LogP contribution in [0.3, 0.4) is 0 Å². The van der Waals surface area contributed by atoms with Crippen molar-refractivity contribution < 1.29 is 81.7 Å². The highest BCUT2D eigenvalue weighted by atomic mass is 19.4. The molecular formula is C49H72F3N11O14. The lowest BCUT2D eigenvalue weighted by Gasteiger charge is -2.21. The Labute approximate surface area is 443 Å². The molecule has 25 nitrogen and oxygen atoms in total. The van der Waals surface area contributed by atoms with Crippen LogP contribution in [0, 0.1) is 16.0 Å². The molecule has 0 bridgehead atoms. The summed E-state index contributed by atoms with van der Waals surface area (Å²) in [5.74, 6) is -7.15. The Hall–Kier alpha value is -7.91. The quantitative estimate of drug-likeness (QED) is 0.0119. The van der Waals surface area contributed by atoms with E-state index in [2.05, 4.69) is 42.6 Å². The number of unbranched alkanes of at least 4 members (excludes halogenated alkanes) is 1. The van der Waals surface area contributed by atoms with E-state index in [1.165, 1.54) is 6.92 Å². The highest BCUT2D eigenvalue weighted by molar-refractivity contribution is 5.89. The molecule has 28 heteroatoms. The van der Waals surface area contributed by atoms with E-state index in [1.54, 1.807) is 33.1 Å². The summed E-state index contributed by atoms with van der Waals surface area (Å²) in [4.78, 5) is 125. The lowest BCUT2D eigenvalue weighted by Crippen LogP contribution is -2.68. The number of carbonyl (C=O) groups excluding carboxylic acids is 9. The zero-order chi connectivity index (χ0) is 58.1. The minimum Gasteiger partial charge on any atom is -0.542 e. The molecule has 0 fully saturated rings. The Kier molecular flexibility index (Phi) is 31.5. The number of alkyl halides is 3. The Bertz CT molecular complexity index is 2260. The number of nitrogens with one attached hydrogen (secondary N) is 7. The first kappa shape index (κ1) is 67.1. The maximum absolute atomic E-state index is 13.2. The van der Waals surface area contributed by atoms with E-state index in [-0.39, 0.29) is 70.0 Å². The van der Waals surface area contributed by atoms with Crippen molar-refractivity contribution in [2.45, 2.75) is 154 Å². The predicted molar refractivity (Wildman–Crippen MR) is 268 cm³/mol. The maximum Gasteiger partial charge on any atom is 0.430 e. The number of alkyl carbamates (subject to hydrolysis) is 1. The SMILES string of the molecule is C[C@H](CC(=O)N[C@@H](C)CC(=O)N[C@@H](C)CC(=O)C[C@@H](CCCCNC(=O)OCc1ccccc1)C(=O)OCc1ccccc1)NC(=O)C[C@@H](C)NC(=O)[C@H](C)NC(=O)[C@@H]([NH3+])CCCN=C(N)N[N+](=O)[O-].O=C([O-])C(F)(F)F. The van der Waals surface area contributed by atoms with Crippen molar-refractivity contribution in [3.05, 3.63) is 81.9 Å². The standard InChI is InChI=1S/C47H71N11O12.C2HF3O2/c1-30(23-38(59)27-37(45(65)69-28-35-15-8-6-9-16-35)19-12-13-21-51-47(66)70-29-36-17-10-7-11-18-36)52-40(60)24-31(2)53-41(61)25-32(3)54-42(62)26-33(4)55-43(63)34(5)56-44(64)39(48)20-14-22-50-46(49)57-58(67)68;3-2(4,5)1(6)7/h6-11,15-18,30-34,37,39H,12-14,19-29,48H2,1-5H3,(H,51,66)(H,52,60)(H,53,61)(H,54,62)(H,55,63)(H,56,64)(H3,49,50,57);(H,6,7)/t30-,31-,32+,33+,34-,37+,39-;/m0./s1. The number of benzene rings is 2. The molecule has 0 spiro atoms. The third-order valence-electron chi connectivity index (χ3n) is 10.7. The number of quaternary nitrogens is 1. The second-order valence-electron chi connectivity index (χ2n) is 18.1. The number of nitrogens with two attached hydrogens (primary N) is 1. The second-order valence-corrected chi connectivity index (χ2v) is 18.1. The average Bonchev–Trinajstić information content (AvgIpc) is 3.33. The number of nitrogens with zero attached hydrogens (tertiary/aromatic N) is 2. The Morgan fingerprint density at radius 3 is 1.61 bits per heavy atom. The lowest BCUT2D eigenvalue weighted by atomic mass is 9.94. The van der Waals surface area contributed by atoms with Crippen LogP contribution in [0.5, 0.6) is 0 Å². The van der Waals surface area contributed by atoms with Gasteiger partial charge in [-0.05, 0) is 65.0 Å². The van der Waals surface area contributed by atoms with Gasteiger partial charge in [0, 0.05) is 75.8 Å². The number of hydrogen-bond donors (Lipinski definition) is 9. The summed E-state index contributed by atoms with van der Waals surface area (Å²) in [6.07, 6.45) is -4.16. The number of aliphatic imine (C=N–C) groups is 1. The first-order chi connectivity index (χ1) is 36.1. The van der Waals surface area contributed by atoms with Crippen molar-refractivity contribution in [2.75, 3.05) is 13.1 Å². The molecule has 2 aromatic carbocycles. The van der Waals surface area contributed by atoms with Crippen molar-refractivity contribution in [1.29, 1.82) is 0 Å². The van der Waals surface area contributed by atoms with E-state index < -0.39 is 101 Å². The van der Waals surface area contributed by atoms with Gasteiger partial charge in [-0.1, -0.05) is 72.5 Å². The molecular weight excluding hydrogens is 1020 g/mol. The third kappa shape index (κ3) is 32.9. The third-order valence-corrected chi connectivity index (χ3v) is 10.7. The summed E-state index contributed by atoms with van der Waals surface area (Å²) < 4.78 is 42.4. The van der Waals surface area contributed by atoms with E-state index >= 15 is 0 Å². The van der Waals surface area contributed by atoms with E-state index in [0.29, 0.717) is 32.2 Å². The van der Waals surface area contributed by atoms with Crippen LogP contribution < -0.4 is 53.9 Å². The summed E-state index contributed by atoms with van der Waals surface area (Å²) in [5.41, 5.74) is 12.5. The number of rotatable bonds is 32. The fraction of sp³-hybridized carbons (Fsp3) is 0.551. The maximum atomic E-state index is 13.2. The van der Waals surface area contributed by atoms with Crippen LogP contribution in [0.2, 0.25) is 0 Å². The lowest BCUT2D eigenvalue weighted by molar-refractivity contribution is -0.525. The van der Waals surface area contributed by atoms with E-state index in [1.807, 2.05) is 60.7 Å². The summed E-state index contributed by atoms with van der Waals surface area (Å²) in [5, 5.41) is 34.5. The number of ether oxygens (including phenoxy) is 2. The number of hydrogen-bond acceptors (Lipinski definition) is 15. The number of Topliss-reactive ketones (excluding diaryl/α,β-unsaturated/α-hetero) is 1. The molecule has 0 aliphatic heterocycles. The summed E-state index contributed by atoms with van der Waals surface area (Å²) in [6, 6.07) is 14.4. The Morgan fingerprint density at radius 1 is 0.662 bits per heavy atom. The molecule has 7 atom stereocenters. The van der Waals surface area contributed by atoms with Crippen LogP contribution in [-0.2, 0) is 61.0 Å². The topological polar surface area (TPSA) is 389 Å². The Balaban J connectivity index is 0.00000394. The van der Waals surface area contributed by atoms with Gasteiger partial charge in [-0.2, -0.15) is 13.2 Å². The minimum absolute atomic E-state index is 0.0408. The van der Waals surface area contributed by atoms with Gasteiger partial charge in [0.25, 0.3) is 11.9 Å². The number of halogens is 3. The number of carboxylic acid groups (broad SMARTS) is 1.